The van der Waals surface area contributed by atoms with Crippen molar-refractivity contribution in [3.8, 4) is 11.5 Å². The fourth-order valence-electron chi connectivity index (χ4n) is 4.79. The highest BCUT2D eigenvalue weighted by molar-refractivity contribution is 7.95. The van der Waals surface area contributed by atoms with E-state index in [4.69, 9.17) is 4.74 Å². The molecule has 2 heterocycles. The molecule has 3 aromatic rings. The zero-order valence-electron chi connectivity index (χ0n) is 19.8. The molecule has 2 unspecified atom stereocenters. The van der Waals surface area contributed by atoms with Gasteiger partial charge < -0.3 is 20.5 Å². The van der Waals surface area contributed by atoms with Crippen LogP contribution >= 0.6 is 0 Å². The van der Waals surface area contributed by atoms with Gasteiger partial charge in [-0.25, -0.2) is 12.8 Å². The number of allylic oxidation sites excluding steroid dienone is 2. The summed E-state index contributed by atoms with van der Waals surface area (Å²) in [6, 6.07) is 17.8. The number of halogens is 1. The fourth-order valence-corrected chi connectivity index (χ4v) is 7.07. The van der Waals surface area contributed by atoms with E-state index < -0.39 is 27.1 Å². The third kappa shape index (κ3) is 4.44. The first kappa shape index (κ1) is 23.9. The van der Waals surface area contributed by atoms with Crippen LogP contribution in [0.4, 0.5) is 15.8 Å². The summed E-state index contributed by atoms with van der Waals surface area (Å²) in [5.41, 5.74) is 1.62. The summed E-state index contributed by atoms with van der Waals surface area (Å²) in [7, 11) is -3.82. The van der Waals surface area contributed by atoms with E-state index >= 15 is 4.39 Å². The average molecular weight is 507 g/mol. The van der Waals surface area contributed by atoms with E-state index in [1.165, 1.54) is 12.1 Å². The Morgan fingerprint density at radius 1 is 1.17 bits per heavy atom. The molecule has 6 nitrogen and oxygen atoms in total. The zero-order chi connectivity index (χ0) is 25.5. The molecule has 5 rings (SSSR count). The number of fused-ring (bicyclic) bond motifs is 1. The molecule has 0 amide bonds. The van der Waals surface area contributed by atoms with Gasteiger partial charge in [-0.2, -0.15) is 0 Å². The van der Waals surface area contributed by atoms with Crippen molar-refractivity contribution in [2.75, 3.05) is 16.4 Å². The molecule has 0 radical (unpaired) electrons. The van der Waals surface area contributed by atoms with Crippen LogP contribution in [-0.4, -0.2) is 19.3 Å². The smallest absolute Gasteiger partial charge is 0.179 e. The summed E-state index contributed by atoms with van der Waals surface area (Å²) < 4.78 is 48.5. The molecule has 0 aliphatic carbocycles. The lowest BCUT2D eigenvalue weighted by Crippen LogP contribution is -2.36. The van der Waals surface area contributed by atoms with Crippen molar-refractivity contribution in [2.45, 2.75) is 26.0 Å². The van der Waals surface area contributed by atoms with Gasteiger partial charge in [-0.05, 0) is 36.2 Å². The third-order valence-electron chi connectivity index (χ3n) is 6.64. The summed E-state index contributed by atoms with van der Waals surface area (Å²) in [6.45, 7) is 5.93. The second-order valence-electron chi connectivity index (χ2n) is 9.50. The van der Waals surface area contributed by atoms with E-state index in [1.54, 1.807) is 30.3 Å². The first-order valence-electron chi connectivity index (χ1n) is 11.6. The Morgan fingerprint density at radius 2 is 1.94 bits per heavy atom. The van der Waals surface area contributed by atoms with Gasteiger partial charge in [0.2, 0.25) is 0 Å². The quantitative estimate of drug-likeness (QED) is 0.295. The second-order valence-corrected chi connectivity index (χ2v) is 11.5. The molecule has 8 heteroatoms. The molecule has 2 aliphatic rings. The highest BCUT2D eigenvalue weighted by atomic mass is 32.2. The number of rotatable bonds is 5. The van der Waals surface area contributed by atoms with Crippen LogP contribution in [0.15, 0.2) is 90.0 Å². The minimum Gasteiger partial charge on any atom is -0.506 e. The number of para-hydroxylation sites is 1. The summed E-state index contributed by atoms with van der Waals surface area (Å²) in [6.07, 6.45) is 1.98. The Kier molecular flexibility index (Phi) is 6.00. The van der Waals surface area contributed by atoms with Crippen LogP contribution in [0.2, 0.25) is 0 Å². The number of benzene rings is 3. The number of hydrogen-bond donors (Lipinski definition) is 3. The molecule has 186 valence electrons. The lowest BCUT2D eigenvalue weighted by molar-refractivity contribution is 0.304. The first-order chi connectivity index (χ1) is 17.2. The number of ether oxygens (including phenoxy) is 1. The highest BCUT2D eigenvalue weighted by Gasteiger charge is 2.44. The predicted octanol–water partition coefficient (Wildman–Crippen LogP) is 5.91. The van der Waals surface area contributed by atoms with Gasteiger partial charge in [0.15, 0.2) is 9.84 Å². The summed E-state index contributed by atoms with van der Waals surface area (Å²) >= 11 is 0. The summed E-state index contributed by atoms with van der Waals surface area (Å²) in [5.74, 6) is -0.448. The molecular formula is C28H27FN2O4S. The summed E-state index contributed by atoms with van der Waals surface area (Å²) in [5, 5.41) is 16.8. The Hall–Kier alpha value is -3.78. The van der Waals surface area contributed by atoms with E-state index in [1.807, 2.05) is 37.3 Å². The average Bonchev–Trinajstić information content (AvgIpc) is 3.01. The van der Waals surface area contributed by atoms with Crippen LogP contribution in [0.1, 0.15) is 30.5 Å². The molecule has 3 N–H and O–H groups in total. The summed E-state index contributed by atoms with van der Waals surface area (Å²) in [4.78, 5) is 0.0641. The van der Waals surface area contributed by atoms with Crippen molar-refractivity contribution < 1.29 is 22.7 Å². The van der Waals surface area contributed by atoms with Gasteiger partial charge in [-0.3, -0.25) is 0 Å². The van der Waals surface area contributed by atoms with Gasteiger partial charge in [0.1, 0.15) is 29.6 Å². The van der Waals surface area contributed by atoms with Crippen molar-refractivity contribution >= 4 is 21.2 Å². The number of phenols is 1. The lowest BCUT2D eigenvalue weighted by Gasteiger charge is -2.35. The normalized spacial score (nSPS) is 22.3. The van der Waals surface area contributed by atoms with Crippen LogP contribution in [0.3, 0.4) is 0 Å². The van der Waals surface area contributed by atoms with E-state index in [-0.39, 0.29) is 28.6 Å². The maximum atomic E-state index is 15.6. The molecule has 0 fully saturated rings. The van der Waals surface area contributed by atoms with Crippen molar-refractivity contribution in [3.63, 3.8) is 0 Å². The van der Waals surface area contributed by atoms with Crippen molar-refractivity contribution in [1.29, 1.82) is 0 Å². The number of anilines is 2. The topological polar surface area (TPSA) is 87.7 Å². The van der Waals surface area contributed by atoms with Gasteiger partial charge >= 0.3 is 0 Å². The maximum Gasteiger partial charge on any atom is 0.179 e. The van der Waals surface area contributed by atoms with Crippen LogP contribution in [0, 0.1) is 11.2 Å². The van der Waals surface area contributed by atoms with E-state index in [0.29, 0.717) is 29.2 Å². The molecular weight excluding hydrogens is 479 g/mol. The van der Waals surface area contributed by atoms with Crippen LogP contribution in [-0.2, 0) is 16.4 Å². The number of nitrogens with one attached hydrogen (secondary N) is 2. The highest BCUT2D eigenvalue weighted by Crippen LogP contribution is 2.49. The Labute approximate surface area is 210 Å². The molecule has 0 bridgehead atoms. The SMILES string of the molecule is C=CC1(C)CC2=C(C(c3ccc(OCc4ccccc4)cc3F)Nc3cccc(O)c3N2)S(=O)(=O)C1. The van der Waals surface area contributed by atoms with Gasteiger partial charge in [0.05, 0.1) is 22.4 Å². The number of phenolic OH excluding ortho intramolecular Hbond substituents is 1. The van der Waals surface area contributed by atoms with Crippen LogP contribution in [0.5, 0.6) is 11.5 Å². The molecule has 0 aromatic heterocycles. The zero-order valence-corrected chi connectivity index (χ0v) is 20.6. The maximum absolute atomic E-state index is 15.6. The third-order valence-corrected chi connectivity index (χ3v) is 8.83. The van der Waals surface area contributed by atoms with Crippen LogP contribution < -0.4 is 15.4 Å². The standard InChI is InChI=1S/C28H27FN2O4S/c1-3-28(2)15-23-27(36(33,34)17-28)25(30-22-10-7-11-24(32)26(22)31-23)20-13-12-19(14-21(20)29)35-16-18-8-5-4-6-9-18/h3-14,25,30-32H,1,15-17H2,2H3. The molecule has 3 aromatic carbocycles. The van der Waals surface area contributed by atoms with Gasteiger partial charge in [0.25, 0.3) is 0 Å². The Bertz CT molecular complexity index is 1470. The molecule has 2 atom stereocenters. The fraction of sp³-hybridized carbons (Fsp3) is 0.214. The minimum absolute atomic E-state index is 0.0408. The second kappa shape index (κ2) is 9.02. The predicted molar refractivity (Wildman–Crippen MR) is 139 cm³/mol. The number of sulfone groups is 1. The van der Waals surface area contributed by atoms with E-state index in [2.05, 4.69) is 17.2 Å². The van der Waals surface area contributed by atoms with Gasteiger partial charge in [0, 0.05) is 22.7 Å². The molecule has 2 aliphatic heterocycles. The molecule has 36 heavy (non-hydrogen) atoms. The number of aromatic hydroxyl groups is 1. The van der Waals surface area contributed by atoms with Gasteiger partial charge in [-0.1, -0.05) is 49.4 Å². The Morgan fingerprint density at radius 3 is 2.67 bits per heavy atom. The van der Waals surface area contributed by atoms with Crippen molar-refractivity contribution in [3.05, 3.63) is 107 Å². The monoisotopic (exact) mass is 506 g/mol. The van der Waals surface area contributed by atoms with Crippen molar-refractivity contribution in [1.82, 2.24) is 0 Å². The first-order valence-corrected chi connectivity index (χ1v) is 13.3. The Balaban J connectivity index is 1.57. The molecule has 0 saturated heterocycles. The lowest BCUT2D eigenvalue weighted by atomic mass is 9.86. The molecule has 0 saturated carbocycles. The van der Waals surface area contributed by atoms with Crippen molar-refractivity contribution in [2.24, 2.45) is 5.41 Å². The van der Waals surface area contributed by atoms with Crippen LogP contribution in [0.25, 0.3) is 0 Å². The molecule has 0 spiro atoms. The number of hydrogen-bond acceptors (Lipinski definition) is 6. The largest absolute Gasteiger partial charge is 0.506 e. The van der Waals surface area contributed by atoms with Gasteiger partial charge in [-0.15, -0.1) is 6.58 Å². The minimum atomic E-state index is -3.82. The van der Waals surface area contributed by atoms with E-state index in [0.717, 1.165) is 5.56 Å². The van der Waals surface area contributed by atoms with E-state index in [9.17, 15) is 13.5 Å².